The maximum Gasteiger partial charge on any atom is 0.309 e. The standard InChI is InChI=1S/C5H14NO.CH4N2O/c1-6(2,3)4-5-7;2-1(3)4/h7H,4-5H2,1-3H3;(H4,2,3,4)/q+1;. The van der Waals surface area contributed by atoms with E-state index in [1.54, 1.807) is 0 Å². The molecule has 0 heterocycles. The van der Waals surface area contributed by atoms with E-state index in [9.17, 15) is 0 Å². The monoisotopic (exact) mass is 164 g/mol. The van der Waals surface area contributed by atoms with E-state index in [2.05, 4.69) is 32.6 Å². The molecule has 11 heavy (non-hydrogen) atoms. The number of rotatable bonds is 2. The Morgan fingerprint density at radius 3 is 1.64 bits per heavy atom. The molecule has 0 rings (SSSR count). The number of aliphatic hydroxyl groups excluding tert-OH is 1. The topological polar surface area (TPSA) is 89.3 Å². The van der Waals surface area contributed by atoms with Crippen molar-refractivity contribution >= 4 is 6.03 Å². The average Bonchev–Trinajstić information content (AvgIpc) is 1.58. The van der Waals surface area contributed by atoms with E-state index in [1.807, 2.05) is 0 Å². The van der Waals surface area contributed by atoms with Crippen molar-refractivity contribution in [3.63, 3.8) is 0 Å². The summed E-state index contributed by atoms with van der Waals surface area (Å²) < 4.78 is 0.844. The number of hydrogen-bond acceptors (Lipinski definition) is 2. The van der Waals surface area contributed by atoms with Gasteiger partial charge in [0, 0.05) is 0 Å². The molecule has 68 valence electrons. The molecule has 0 radical (unpaired) electrons. The predicted octanol–water partition coefficient (Wildman–Crippen LogP) is -1.29. The van der Waals surface area contributed by atoms with Crippen LogP contribution in [0.1, 0.15) is 0 Å². The summed E-state index contributed by atoms with van der Waals surface area (Å²) in [6.45, 7) is 1.11. The van der Waals surface area contributed by atoms with Crippen LogP contribution in [0.2, 0.25) is 0 Å². The predicted molar refractivity (Wildman–Crippen MR) is 43.8 cm³/mol. The summed E-state index contributed by atoms with van der Waals surface area (Å²) in [7, 11) is 6.16. The van der Waals surface area contributed by atoms with Crippen LogP contribution in [0.5, 0.6) is 0 Å². The zero-order chi connectivity index (χ0) is 9.49. The summed E-state index contributed by atoms with van der Waals surface area (Å²) in [5, 5.41) is 8.39. The van der Waals surface area contributed by atoms with E-state index in [0.717, 1.165) is 11.0 Å². The molecule has 0 aromatic carbocycles. The minimum Gasteiger partial charge on any atom is -0.391 e. The maximum absolute atomic E-state index is 9.00. The van der Waals surface area contributed by atoms with Gasteiger partial charge in [0.2, 0.25) is 0 Å². The lowest BCUT2D eigenvalue weighted by Gasteiger charge is -2.21. The molecule has 0 aliphatic carbocycles. The summed E-state index contributed by atoms with van der Waals surface area (Å²) in [6.07, 6.45) is 0. The number of primary amides is 2. The molecular weight excluding hydrogens is 146 g/mol. The highest BCUT2D eigenvalue weighted by Gasteiger charge is 2.02. The van der Waals surface area contributed by atoms with Gasteiger partial charge in [-0.05, 0) is 0 Å². The van der Waals surface area contributed by atoms with E-state index >= 15 is 0 Å². The minimum atomic E-state index is -0.833. The van der Waals surface area contributed by atoms with Crippen LogP contribution in [-0.4, -0.2) is 49.9 Å². The molecule has 0 saturated heterocycles. The normalized spacial score (nSPS) is 9.82. The Morgan fingerprint density at radius 2 is 1.64 bits per heavy atom. The van der Waals surface area contributed by atoms with E-state index in [1.165, 1.54) is 0 Å². The van der Waals surface area contributed by atoms with Crippen LogP contribution >= 0.6 is 0 Å². The first kappa shape index (κ1) is 12.8. The molecular formula is C6H18N3O2+. The van der Waals surface area contributed by atoms with Gasteiger partial charge < -0.3 is 21.1 Å². The summed E-state index contributed by atoms with van der Waals surface area (Å²) in [5.41, 5.74) is 8.50. The number of nitrogens with two attached hydrogens (primary N) is 2. The van der Waals surface area contributed by atoms with Crippen LogP contribution in [0, 0.1) is 0 Å². The third-order valence-electron chi connectivity index (χ3n) is 0.771. The number of amides is 2. The van der Waals surface area contributed by atoms with Crippen molar-refractivity contribution in [1.29, 1.82) is 0 Å². The van der Waals surface area contributed by atoms with E-state index in [-0.39, 0.29) is 6.61 Å². The molecule has 0 fully saturated rings. The molecule has 0 atom stereocenters. The fourth-order valence-electron chi connectivity index (χ4n) is 0.300. The van der Waals surface area contributed by atoms with Gasteiger partial charge in [-0.15, -0.1) is 0 Å². The number of hydrogen-bond donors (Lipinski definition) is 3. The maximum atomic E-state index is 9.00. The lowest BCUT2D eigenvalue weighted by atomic mass is 10.5. The van der Waals surface area contributed by atoms with Crippen LogP contribution in [0.15, 0.2) is 0 Å². The Kier molecular flexibility index (Phi) is 6.92. The molecule has 5 heteroatoms. The first-order valence-corrected chi connectivity index (χ1v) is 3.26. The van der Waals surface area contributed by atoms with Gasteiger partial charge in [-0.2, -0.15) is 0 Å². The van der Waals surface area contributed by atoms with Crippen molar-refractivity contribution in [1.82, 2.24) is 0 Å². The number of carbonyl (C=O) groups is 1. The Hall–Kier alpha value is -0.810. The summed E-state index contributed by atoms with van der Waals surface area (Å²) in [4.78, 5) is 9.00. The highest BCUT2D eigenvalue weighted by molar-refractivity contribution is 5.69. The van der Waals surface area contributed by atoms with Crippen LogP contribution < -0.4 is 11.5 Å². The van der Waals surface area contributed by atoms with E-state index in [4.69, 9.17) is 9.90 Å². The average molecular weight is 164 g/mol. The summed E-state index contributed by atoms with van der Waals surface area (Å²) >= 11 is 0. The number of carbonyl (C=O) groups excluding carboxylic acids is 1. The van der Waals surface area contributed by atoms with Crippen molar-refractivity contribution in [2.75, 3.05) is 34.3 Å². The van der Waals surface area contributed by atoms with E-state index < -0.39 is 6.03 Å². The van der Waals surface area contributed by atoms with Gasteiger partial charge in [0.25, 0.3) is 0 Å². The van der Waals surface area contributed by atoms with Crippen LogP contribution in [0.3, 0.4) is 0 Å². The molecule has 2 amide bonds. The van der Waals surface area contributed by atoms with Crippen LogP contribution in [0.25, 0.3) is 0 Å². The Balaban J connectivity index is 0. The number of nitrogens with zero attached hydrogens (tertiary/aromatic N) is 1. The van der Waals surface area contributed by atoms with Gasteiger partial charge in [-0.1, -0.05) is 0 Å². The molecule has 0 unspecified atom stereocenters. The number of quaternary nitrogens is 1. The van der Waals surface area contributed by atoms with Crippen molar-refractivity contribution in [3.8, 4) is 0 Å². The number of likely N-dealkylation sites (N-methyl/N-ethyl adjacent to an activating group) is 1. The molecule has 0 aliphatic rings. The third-order valence-corrected chi connectivity index (χ3v) is 0.771. The van der Waals surface area contributed by atoms with Crippen LogP contribution in [0.4, 0.5) is 4.79 Å². The first-order chi connectivity index (χ1) is 4.79. The second-order valence-electron chi connectivity index (χ2n) is 3.14. The van der Waals surface area contributed by atoms with Gasteiger partial charge >= 0.3 is 6.03 Å². The smallest absolute Gasteiger partial charge is 0.309 e. The summed E-state index contributed by atoms with van der Waals surface area (Å²) in [5.74, 6) is 0. The Labute approximate surface area is 67.2 Å². The second kappa shape index (κ2) is 5.94. The molecule has 0 bridgehead atoms. The number of aliphatic hydroxyl groups is 1. The van der Waals surface area contributed by atoms with Crippen LogP contribution in [-0.2, 0) is 0 Å². The minimum absolute atomic E-state index is 0.281. The molecule has 5 nitrogen and oxygen atoms in total. The van der Waals surface area contributed by atoms with Crippen molar-refractivity contribution in [3.05, 3.63) is 0 Å². The molecule has 0 aromatic heterocycles. The molecule has 0 spiro atoms. The highest BCUT2D eigenvalue weighted by Crippen LogP contribution is 1.84. The fourth-order valence-corrected chi connectivity index (χ4v) is 0.300. The molecule has 5 N–H and O–H groups in total. The van der Waals surface area contributed by atoms with Crippen molar-refractivity contribution in [2.24, 2.45) is 11.5 Å². The quantitative estimate of drug-likeness (QED) is 0.443. The highest BCUT2D eigenvalue weighted by atomic mass is 16.3. The summed E-state index contributed by atoms with van der Waals surface area (Å²) in [6, 6.07) is -0.833. The SMILES string of the molecule is C[N+](C)(C)CCO.NC(N)=O. The van der Waals surface area contributed by atoms with Crippen molar-refractivity contribution < 1.29 is 14.4 Å². The number of urea groups is 1. The van der Waals surface area contributed by atoms with E-state index in [0.29, 0.717) is 0 Å². The van der Waals surface area contributed by atoms with Gasteiger partial charge in [0.15, 0.2) is 0 Å². The lowest BCUT2D eigenvalue weighted by molar-refractivity contribution is -0.870. The van der Waals surface area contributed by atoms with Gasteiger partial charge in [-0.3, -0.25) is 0 Å². The molecule has 0 saturated carbocycles. The third kappa shape index (κ3) is 46.7. The Bertz CT molecular complexity index is 105. The Morgan fingerprint density at radius 1 is 1.36 bits per heavy atom. The molecule has 0 aliphatic heterocycles. The van der Waals surface area contributed by atoms with Gasteiger partial charge in [0.1, 0.15) is 6.54 Å². The second-order valence-corrected chi connectivity index (χ2v) is 3.14. The van der Waals surface area contributed by atoms with Crippen molar-refractivity contribution in [2.45, 2.75) is 0 Å². The molecule has 0 aromatic rings. The zero-order valence-electron chi connectivity index (χ0n) is 7.37. The largest absolute Gasteiger partial charge is 0.391 e. The zero-order valence-corrected chi connectivity index (χ0v) is 7.37. The van der Waals surface area contributed by atoms with Gasteiger partial charge in [0.05, 0.1) is 27.7 Å². The van der Waals surface area contributed by atoms with Gasteiger partial charge in [-0.25, -0.2) is 4.79 Å². The lowest BCUT2D eigenvalue weighted by Crippen LogP contribution is -2.36. The fraction of sp³-hybridized carbons (Fsp3) is 0.833. The first-order valence-electron chi connectivity index (χ1n) is 3.26.